The van der Waals surface area contributed by atoms with Crippen molar-refractivity contribution in [2.24, 2.45) is 17.8 Å². The van der Waals surface area contributed by atoms with Crippen molar-refractivity contribution in [3.63, 3.8) is 0 Å². The number of carbonyl (C=O) groups excluding carboxylic acids is 2. The first-order valence-electron chi connectivity index (χ1n) is 11.2. The number of alkyl halides is 2. The molecule has 0 saturated heterocycles. The summed E-state index contributed by atoms with van der Waals surface area (Å²) in [5.41, 5.74) is 4.47. The van der Waals surface area contributed by atoms with Crippen LogP contribution in [0.2, 0.25) is 0 Å². The average Bonchev–Trinajstić information content (AvgIpc) is 3.23. The van der Waals surface area contributed by atoms with E-state index in [1.165, 1.54) is 0 Å². The lowest BCUT2D eigenvalue weighted by Gasteiger charge is -2.15. The normalized spacial score (nSPS) is 20.6. The summed E-state index contributed by atoms with van der Waals surface area (Å²) in [7, 11) is 0. The lowest BCUT2D eigenvalue weighted by Crippen LogP contribution is -2.34. The van der Waals surface area contributed by atoms with Gasteiger partial charge in [0.2, 0.25) is 5.91 Å². The summed E-state index contributed by atoms with van der Waals surface area (Å²) >= 11 is 0. The Hall–Kier alpha value is -3.49. The summed E-state index contributed by atoms with van der Waals surface area (Å²) in [5, 5.41) is 13.8. The topological polar surface area (TPSA) is 105 Å². The quantitative estimate of drug-likeness (QED) is 0.517. The van der Waals surface area contributed by atoms with Gasteiger partial charge in [0.25, 0.3) is 5.92 Å². The molecule has 2 aromatic carbocycles. The Morgan fingerprint density at radius 3 is 2.18 bits per heavy atom. The third-order valence-electron chi connectivity index (χ3n) is 6.60. The van der Waals surface area contributed by atoms with Crippen molar-refractivity contribution in [3.8, 4) is 11.1 Å². The molecule has 0 spiro atoms. The zero-order valence-electron chi connectivity index (χ0n) is 18.6. The lowest BCUT2D eigenvalue weighted by atomic mass is 9.98. The Labute approximate surface area is 195 Å². The monoisotopic (exact) mass is 472 g/mol. The largest absolute Gasteiger partial charge is 0.481 e. The highest BCUT2D eigenvalue weighted by Gasteiger charge is 2.72. The minimum absolute atomic E-state index is 0.0574. The molecule has 1 saturated carbocycles. The van der Waals surface area contributed by atoms with Gasteiger partial charge in [0.1, 0.15) is 12.5 Å². The third kappa shape index (κ3) is 4.60. The first-order valence-corrected chi connectivity index (χ1v) is 11.2. The number of rotatable bonds is 9. The van der Waals surface area contributed by atoms with Crippen molar-refractivity contribution in [2.45, 2.75) is 25.2 Å². The van der Waals surface area contributed by atoms with E-state index in [1.54, 1.807) is 6.92 Å². The van der Waals surface area contributed by atoms with Crippen molar-refractivity contribution in [1.29, 1.82) is 0 Å². The van der Waals surface area contributed by atoms with E-state index in [1.807, 2.05) is 48.5 Å². The van der Waals surface area contributed by atoms with Crippen LogP contribution in [0, 0.1) is 17.8 Å². The standard InChI is InChI=1S/C25H26F2N2O5/c1-14(22(30)29-12-20-21(23(31)32)25(20,26)27)10-11-28-24(33)34-13-19-17-8-4-2-6-15(17)16-7-3-5-9-18(16)19/h2-9,14,19-21H,10-13H2,1H3,(H,28,33)(H,29,30)(H,31,32). The van der Waals surface area contributed by atoms with E-state index in [0.717, 1.165) is 22.3 Å². The summed E-state index contributed by atoms with van der Waals surface area (Å²) in [6.45, 7) is 1.56. The number of hydrogen-bond donors (Lipinski definition) is 3. The van der Waals surface area contributed by atoms with Crippen molar-refractivity contribution >= 4 is 18.0 Å². The van der Waals surface area contributed by atoms with Crippen LogP contribution in [0.25, 0.3) is 11.1 Å². The van der Waals surface area contributed by atoms with Crippen LogP contribution in [0.5, 0.6) is 0 Å². The van der Waals surface area contributed by atoms with Crippen LogP contribution in [0.3, 0.4) is 0 Å². The Kier molecular flexibility index (Phi) is 6.54. The minimum atomic E-state index is -3.30. The number of benzene rings is 2. The molecule has 0 heterocycles. The number of aliphatic carboxylic acids is 1. The van der Waals surface area contributed by atoms with Gasteiger partial charge in [-0.1, -0.05) is 55.5 Å². The van der Waals surface area contributed by atoms with E-state index < -0.39 is 48.2 Å². The van der Waals surface area contributed by atoms with Crippen LogP contribution >= 0.6 is 0 Å². The van der Waals surface area contributed by atoms with Gasteiger partial charge in [-0.3, -0.25) is 9.59 Å². The molecule has 0 aliphatic heterocycles. The Morgan fingerprint density at radius 1 is 1.03 bits per heavy atom. The molecule has 9 heteroatoms. The van der Waals surface area contributed by atoms with E-state index in [4.69, 9.17) is 9.84 Å². The van der Waals surface area contributed by atoms with Gasteiger partial charge in [-0.15, -0.1) is 0 Å². The smallest absolute Gasteiger partial charge is 0.407 e. The molecule has 7 nitrogen and oxygen atoms in total. The fourth-order valence-electron chi connectivity index (χ4n) is 4.54. The Bertz CT molecular complexity index is 1060. The third-order valence-corrected chi connectivity index (χ3v) is 6.60. The molecular weight excluding hydrogens is 446 g/mol. The molecule has 4 rings (SSSR count). The maximum absolute atomic E-state index is 13.4. The second-order valence-electron chi connectivity index (χ2n) is 8.78. The second kappa shape index (κ2) is 9.40. The highest BCUT2D eigenvalue weighted by atomic mass is 19.3. The van der Waals surface area contributed by atoms with Crippen LogP contribution in [0.4, 0.5) is 13.6 Å². The number of carbonyl (C=O) groups is 3. The van der Waals surface area contributed by atoms with Crippen LogP contribution < -0.4 is 10.6 Å². The van der Waals surface area contributed by atoms with Gasteiger partial charge in [0, 0.05) is 24.9 Å². The number of fused-ring (bicyclic) bond motifs is 3. The highest BCUT2D eigenvalue weighted by molar-refractivity contribution is 5.80. The number of halogens is 2. The van der Waals surface area contributed by atoms with E-state index in [9.17, 15) is 23.2 Å². The molecule has 0 aromatic heterocycles. The van der Waals surface area contributed by atoms with Gasteiger partial charge in [-0.2, -0.15) is 0 Å². The van der Waals surface area contributed by atoms with Crippen molar-refractivity contribution in [3.05, 3.63) is 59.7 Å². The molecule has 2 aliphatic carbocycles. The van der Waals surface area contributed by atoms with Gasteiger partial charge in [-0.05, 0) is 28.7 Å². The molecule has 3 N–H and O–H groups in total. The number of nitrogens with one attached hydrogen (secondary N) is 2. The van der Waals surface area contributed by atoms with Crippen LogP contribution in [0.1, 0.15) is 30.4 Å². The molecular formula is C25H26F2N2O5. The van der Waals surface area contributed by atoms with Crippen LogP contribution in [0.15, 0.2) is 48.5 Å². The summed E-state index contributed by atoms with van der Waals surface area (Å²) in [5.74, 6) is -9.08. The lowest BCUT2D eigenvalue weighted by molar-refractivity contribution is -0.141. The molecule has 34 heavy (non-hydrogen) atoms. The summed E-state index contributed by atoms with van der Waals surface area (Å²) in [6.07, 6.45) is -0.323. The van der Waals surface area contributed by atoms with E-state index in [0.29, 0.717) is 0 Å². The van der Waals surface area contributed by atoms with Gasteiger partial charge in [0.15, 0.2) is 0 Å². The van der Waals surface area contributed by atoms with Crippen molar-refractivity contribution in [2.75, 3.05) is 19.7 Å². The second-order valence-corrected chi connectivity index (χ2v) is 8.78. The summed E-state index contributed by atoms with van der Waals surface area (Å²) < 4.78 is 32.3. The van der Waals surface area contributed by atoms with Gasteiger partial charge < -0.3 is 20.5 Å². The van der Waals surface area contributed by atoms with Crippen molar-refractivity contribution in [1.82, 2.24) is 10.6 Å². The molecule has 3 atom stereocenters. The van der Waals surface area contributed by atoms with E-state index in [2.05, 4.69) is 10.6 Å². The summed E-state index contributed by atoms with van der Waals surface area (Å²) in [4.78, 5) is 35.1. The van der Waals surface area contributed by atoms with E-state index >= 15 is 0 Å². The van der Waals surface area contributed by atoms with E-state index in [-0.39, 0.29) is 25.5 Å². The molecule has 3 unspecified atom stereocenters. The predicted octanol–water partition coefficient (Wildman–Crippen LogP) is 3.63. The summed E-state index contributed by atoms with van der Waals surface area (Å²) in [6, 6.07) is 16.0. The number of ether oxygens (including phenoxy) is 1. The highest BCUT2D eigenvalue weighted by Crippen LogP contribution is 2.54. The number of alkyl carbamates (subject to hydrolysis) is 1. The fraction of sp³-hybridized carbons (Fsp3) is 0.400. The fourth-order valence-corrected chi connectivity index (χ4v) is 4.54. The molecule has 2 amide bonds. The number of carboxylic acid groups (broad SMARTS) is 1. The van der Waals surface area contributed by atoms with Gasteiger partial charge in [-0.25, -0.2) is 13.6 Å². The van der Waals surface area contributed by atoms with Crippen LogP contribution in [-0.2, 0) is 14.3 Å². The molecule has 2 aromatic rings. The van der Waals surface area contributed by atoms with Crippen LogP contribution in [-0.4, -0.2) is 48.7 Å². The SMILES string of the molecule is CC(CCNC(=O)OCC1c2ccccc2-c2ccccc21)C(=O)NCC1C(C(=O)O)C1(F)F. The molecule has 1 fully saturated rings. The predicted molar refractivity (Wildman–Crippen MR) is 119 cm³/mol. The zero-order chi connectivity index (χ0) is 24.5. The number of carboxylic acids is 1. The van der Waals surface area contributed by atoms with Gasteiger partial charge >= 0.3 is 12.1 Å². The Balaban J connectivity index is 1.19. The number of amides is 2. The minimum Gasteiger partial charge on any atom is -0.481 e. The average molecular weight is 472 g/mol. The molecule has 0 radical (unpaired) electrons. The Morgan fingerprint density at radius 2 is 1.62 bits per heavy atom. The molecule has 2 aliphatic rings. The first-order chi connectivity index (χ1) is 16.2. The first kappa shape index (κ1) is 23.7. The number of hydrogen-bond acceptors (Lipinski definition) is 4. The van der Waals surface area contributed by atoms with Gasteiger partial charge in [0.05, 0.1) is 5.92 Å². The maximum Gasteiger partial charge on any atom is 0.407 e. The molecule has 180 valence electrons. The zero-order valence-corrected chi connectivity index (χ0v) is 18.6. The maximum atomic E-state index is 13.4. The molecule has 0 bridgehead atoms. The van der Waals surface area contributed by atoms with Crippen molar-refractivity contribution < 1.29 is 33.0 Å².